The predicted octanol–water partition coefficient (Wildman–Crippen LogP) is 2.83. The lowest BCUT2D eigenvalue weighted by molar-refractivity contribution is 0.477. The van der Waals surface area contributed by atoms with Crippen LogP contribution in [0.1, 0.15) is 29.5 Å². The molecule has 3 nitrogen and oxygen atoms in total. The summed E-state index contributed by atoms with van der Waals surface area (Å²) in [4.78, 5) is 0.408. The summed E-state index contributed by atoms with van der Waals surface area (Å²) in [5, 5.41) is 0. The fraction of sp³-hybridized carbons (Fsp3) is 0.538. The Labute approximate surface area is 114 Å². The van der Waals surface area contributed by atoms with E-state index in [0.717, 1.165) is 29.5 Å². The van der Waals surface area contributed by atoms with Crippen LogP contribution in [0.2, 0.25) is 0 Å². The van der Waals surface area contributed by atoms with Crippen LogP contribution in [0, 0.1) is 13.8 Å². The Balaban J connectivity index is 2.49. The highest BCUT2D eigenvalue weighted by Crippen LogP contribution is 2.26. The van der Waals surface area contributed by atoms with E-state index in [2.05, 4.69) is 0 Å². The summed E-state index contributed by atoms with van der Waals surface area (Å²) in [5.74, 6) is 0.342. The van der Waals surface area contributed by atoms with Gasteiger partial charge in [0, 0.05) is 19.0 Å². The second-order valence-electron chi connectivity index (χ2n) is 4.79. The van der Waals surface area contributed by atoms with Crippen LogP contribution >= 0.6 is 11.6 Å². The first kappa shape index (κ1) is 13.8. The summed E-state index contributed by atoms with van der Waals surface area (Å²) in [6.07, 6.45) is 1.90. The van der Waals surface area contributed by atoms with Gasteiger partial charge in [-0.15, -0.1) is 11.6 Å². The number of rotatable bonds is 3. The van der Waals surface area contributed by atoms with Crippen LogP contribution in [0.15, 0.2) is 17.0 Å². The van der Waals surface area contributed by atoms with Crippen molar-refractivity contribution in [1.82, 2.24) is 4.31 Å². The minimum absolute atomic E-state index is 0.342. The van der Waals surface area contributed by atoms with E-state index in [1.165, 1.54) is 0 Å². The largest absolute Gasteiger partial charge is 0.243 e. The third-order valence-electron chi connectivity index (χ3n) is 3.46. The van der Waals surface area contributed by atoms with Crippen molar-refractivity contribution in [3.05, 3.63) is 28.8 Å². The summed E-state index contributed by atoms with van der Waals surface area (Å²) in [5.41, 5.74) is 2.73. The Hall–Kier alpha value is -0.580. The first-order valence-corrected chi connectivity index (χ1v) is 8.10. The molecule has 1 aromatic rings. The van der Waals surface area contributed by atoms with Crippen LogP contribution in [-0.4, -0.2) is 25.8 Å². The number of hydrogen-bond acceptors (Lipinski definition) is 2. The van der Waals surface area contributed by atoms with Crippen molar-refractivity contribution in [3.63, 3.8) is 0 Å². The molecule has 0 amide bonds. The van der Waals surface area contributed by atoms with Crippen molar-refractivity contribution in [2.45, 2.75) is 37.5 Å². The summed E-state index contributed by atoms with van der Waals surface area (Å²) in [7, 11) is -3.34. The molecule has 0 spiro atoms. The molecule has 0 unspecified atom stereocenters. The van der Waals surface area contributed by atoms with Crippen molar-refractivity contribution in [2.24, 2.45) is 0 Å². The number of hydrogen-bond donors (Lipinski definition) is 0. The Morgan fingerprint density at radius 2 is 1.78 bits per heavy atom. The van der Waals surface area contributed by atoms with Crippen LogP contribution in [0.3, 0.4) is 0 Å². The predicted molar refractivity (Wildman–Crippen MR) is 73.5 cm³/mol. The third kappa shape index (κ3) is 2.42. The second-order valence-corrected chi connectivity index (χ2v) is 6.96. The van der Waals surface area contributed by atoms with Crippen molar-refractivity contribution in [3.8, 4) is 0 Å². The van der Waals surface area contributed by atoms with Crippen LogP contribution in [0.4, 0.5) is 0 Å². The fourth-order valence-electron chi connectivity index (χ4n) is 2.36. The number of benzene rings is 1. The van der Waals surface area contributed by atoms with Crippen molar-refractivity contribution in [2.75, 3.05) is 13.1 Å². The minimum Gasteiger partial charge on any atom is -0.207 e. The first-order chi connectivity index (χ1) is 8.46. The fourth-order valence-corrected chi connectivity index (χ4v) is 4.43. The van der Waals surface area contributed by atoms with Gasteiger partial charge in [0.2, 0.25) is 10.0 Å². The van der Waals surface area contributed by atoms with E-state index < -0.39 is 10.0 Å². The summed E-state index contributed by atoms with van der Waals surface area (Å²) < 4.78 is 26.6. The normalized spacial score (nSPS) is 17.3. The Morgan fingerprint density at radius 3 is 2.33 bits per heavy atom. The number of halogens is 1. The molecule has 5 heteroatoms. The van der Waals surface area contributed by atoms with Crippen LogP contribution in [0.25, 0.3) is 0 Å². The topological polar surface area (TPSA) is 37.4 Å². The lowest BCUT2D eigenvalue weighted by Crippen LogP contribution is -2.28. The van der Waals surface area contributed by atoms with E-state index in [1.54, 1.807) is 10.4 Å². The van der Waals surface area contributed by atoms with Crippen LogP contribution in [0.5, 0.6) is 0 Å². The zero-order valence-electron chi connectivity index (χ0n) is 10.7. The molecule has 18 heavy (non-hydrogen) atoms. The van der Waals surface area contributed by atoms with Gasteiger partial charge >= 0.3 is 0 Å². The lowest BCUT2D eigenvalue weighted by atomic mass is 10.1. The minimum atomic E-state index is -3.34. The van der Waals surface area contributed by atoms with E-state index in [4.69, 9.17) is 11.6 Å². The van der Waals surface area contributed by atoms with E-state index in [1.807, 2.05) is 19.9 Å². The molecule has 1 heterocycles. The average Bonchev–Trinajstić information content (AvgIpc) is 2.82. The smallest absolute Gasteiger partial charge is 0.207 e. The molecule has 0 aromatic heterocycles. The molecule has 0 atom stereocenters. The highest BCUT2D eigenvalue weighted by Gasteiger charge is 2.28. The molecule has 1 fully saturated rings. The molecule has 2 rings (SSSR count). The zero-order chi connectivity index (χ0) is 13.3. The summed E-state index contributed by atoms with van der Waals surface area (Å²) in [6, 6.07) is 3.63. The van der Waals surface area contributed by atoms with E-state index >= 15 is 0 Å². The monoisotopic (exact) mass is 287 g/mol. The molecule has 0 radical (unpaired) electrons. The lowest BCUT2D eigenvalue weighted by Gasteiger charge is -2.18. The number of sulfonamides is 1. The van der Waals surface area contributed by atoms with E-state index in [-0.39, 0.29) is 0 Å². The van der Waals surface area contributed by atoms with Crippen molar-refractivity contribution in [1.29, 1.82) is 0 Å². The van der Waals surface area contributed by atoms with Gasteiger partial charge in [-0.05, 0) is 49.4 Å². The molecule has 1 saturated heterocycles. The molecule has 1 aliphatic rings. The molecule has 1 aliphatic heterocycles. The summed E-state index contributed by atoms with van der Waals surface area (Å²) >= 11 is 5.86. The number of alkyl halides is 1. The van der Waals surface area contributed by atoms with Gasteiger partial charge in [0.25, 0.3) is 0 Å². The molecule has 100 valence electrons. The van der Waals surface area contributed by atoms with Crippen LogP contribution in [-0.2, 0) is 15.9 Å². The summed E-state index contributed by atoms with van der Waals surface area (Å²) in [6.45, 7) is 5.06. The standard InChI is InChI=1S/C13H18ClNO2S/c1-10-7-11(2)13(8-12(10)9-14)18(16,17)15-5-3-4-6-15/h7-8H,3-6,9H2,1-2H3. The Morgan fingerprint density at radius 1 is 1.17 bits per heavy atom. The zero-order valence-corrected chi connectivity index (χ0v) is 12.3. The van der Waals surface area contributed by atoms with Gasteiger partial charge in [-0.1, -0.05) is 6.07 Å². The Kier molecular flexibility index (Phi) is 3.99. The maximum atomic E-state index is 12.5. The molecule has 0 N–H and O–H groups in total. The Bertz CT molecular complexity index is 548. The van der Waals surface area contributed by atoms with Crippen molar-refractivity contribution >= 4 is 21.6 Å². The molecule has 0 aliphatic carbocycles. The molecule has 0 saturated carbocycles. The highest BCUT2D eigenvalue weighted by molar-refractivity contribution is 7.89. The van der Waals surface area contributed by atoms with Gasteiger partial charge in [-0.2, -0.15) is 4.31 Å². The molecular formula is C13H18ClNO2S. The molecule has 0 bridgehead atoms. The third-order valence-corrected chi connectivity index (χ3v) is 5.79. The maximum absolute atomic E-state index is 12.5. The van der Waals surface area contributed by atoms with Gasteiger partial charge in [0.05, 0.1) is 4.90 Å². The van der Waals surface area contributed by atoms with Gasteiger partial charge in [-0.3, -0.25) is 0 Å². The number of aryl methyl sites for hydroxylation is 2. The van der Waals surface area contributed by atoms with Gasteiger partial charge in [0.15, 0.2) is 0 Å². The molecule has 1 aromatic carbocycles. The average molecular weight is 288 g/mol. The second kappa shape index (κ2) is 5.19. The van der Waals surface area contributed by atoms with Gasteiger partial charge in [-0.25, -0.2) is 8.42 Å². The first-order valence-electron chi connectivity index (χ1n) is 6.13. The molecular weight excluding hydrogens is 270 g/mol. The van der Waals surface area contributed by atoms with Gasteiger partial charge in [0.1, 0.15) is 0 Å². The van der Waals surface area contributed by atoms with Crippen molar-refractivity contribution < 1.29 is 8.42 Å². The van der Waals surface area contributed by atoms with E-state index in [0.29, 0.717) is 23.9 Å². The van der Waals surface area contributed by atoms with E-state index in [9.17, 15) is 8.42 Å². The van der Waals surface area contributed by atoms with Crippen LogP contribution < -0.4 is 0 Å². The highest BCUT2D eigenvalue weighted by atomic mass is 35.5. The quantitative estimate of drug-likeness (QED) is 0.802. The number of nitrogens with zero attached hydrogens (tertiary/aromatic N) is 1. The van der Waals surface area contributed by atoms with Gasteiger partial charge < -0.3 is 0 Å². The maximum Gasteiger partial charge on any atom is 0.243 e. The SMILES string of the molecule is Cc1cc(C)c(S(=O)(=O)N2CCCC2)cc1CCl.